The third kappa shape index (κ3) is 3.31. The molecule has 0 radical (unpaired) electrons. The third-order valence-electron chi connectivity index (χ3n) is 3.62. The van der Waals surface area contributed by atoms with Crippen LogP contribution in [0.5, 0.6) is 5.75 Å². The van der Waals surface area contributed by atoms with Gasteiger partial charge in [0.25, 0.3) is 0 Å². The molecule has 4 rings (SSSR count). The minimum atomic E-state index is -0.137. The van der Waals surface area contributed by atoms with Crippen molar-refractivity contribution in [2.45, 2.75) is 6.61 Å². The topological polar surface area (TPSA) is 39.2 Å². The van der Waals surface area contributed by atoms with Gasteiger partial charge in [-0.05, 0) is 18.2 Å². The Morgan fingerprint density at radius 1 is 1.08 bits per heavy atom. The van der Waals surface area contributed by atoms with Gasteiger partial charge in [0, 0.05) is 15.5 Å². The predicted molar refractivity (Wildman–Crippen MR) is 103 cm³/mol. The normalized spacial score (nSPS) is 10.9. The van der Waals surface area contributed by atoms with Gasteiger partial charge in [-0.15, -0.1) is 22.7 Å². The lowest BCUT2D eigenvalue weighted by molar-refractivity contribution is 0.104. The summed E-state index contributed by atoms with van der Waals surface area (Å²) in [5.74, 6) is 0.637. The number of benzene rings is 2. The summed E-state index contributed by atoms with van der Waals surface area (Å²) in [4.78, 5) is 17.7. The number of carbonyl (C=O) groups is 1. The number of nitrogens with zero attached hydrogens (tertiary/aromatic N) is 1. The quantitative estimate of drug-likeness (QED) is 0.406. The fourth-order valence-electron chi connectivity index (χ4n) is 2.41. The van der Waals surface area contributed by atoms with Crippen LogP contribution < -0.4 is 4.74 Å². The van der Waals surface area contributed by atoms with Crippen molar-refractivity contribution in [1.29, 1.82) is 0 Å². The van der Waals surface area contributed by atoms with Crippen LogP contribution in [0.15, 0.2) is 60.0 Å². The van der Waals surface area contributed by atoms with Gasteiger partial charge in [0.15, 0.2) is 5.01 Å². The van der Waals surface area contributed by atoms with Crippen LogP contribution in [0.3, 0.4) is 0 Å². The summed E-state index contributed by atoms with van der Waals surface area (Å²) in [5.41, 5.74) is 0.731. The van der Waals surface area contributed by atoms with Gasteiger partial charge in [0.05, 0.1) is 15.6 Å². The third-order valence-corrected chi connectivity index (χ3v) is 6.18. The molecule has 0 bridgehead atoms. The number of rotatable bonds is 5. The van der Waals surface area contributed by atoms with Gasteiger partial charge in [0.1, 0.15) is 12.4 Å². The molecule has 0 aliphatic carbocycles. The number of carbonyl (C=O) groups excluding carboxylic acids is 1. The summed E-state index contributed by atoms with van der Waals surface area (Å²) < 4.78 is 6.67. The SMILES string of the molecule is O=C(c1nc(COc2ccccc2)cs1)c1sc2ccccc2c1Cl. The molecule has 0 spiro atoms. The first kappa shape index (κ1) is 16.3. The number of thiophene rings is 1. The fraction of sp³-hybridized carbons (Fsp3) is 0.0526. The van der Waals surface area contributed by atoms with Crippen LogP contribution in [-0.4, -0.2) is 10.8 Å². The second kappa shape index (κ2) is 6.96. The van der Waals surface area contributed by atoms with E-state index in [1.54, 1.807) is 0 Å². The van der Waals surface area contributed by atoms with Gasteiger partial charge < -0.3 is 4.74 Å². The molecule has 0 saturated heterocycles. The van der Waals surface area contributed by atoms with Gasteiger partial charge >= 0.3 is 0 Å². The van der Waals surface area contributed by atoms with Crippen LogP contribution in [0.2, 0.25) is 5.02 Å². The van der Waals surface area contributed by atoms with E-state index in [1.165, 1.54) is 22.7 Å². The lowest BCUT2D eigenvalue weighted by Gasteiger charge is -2.02. The number of aromatic nitrogens is 1. The maximum absolute atomic E-state index is 12.8. The van der Waals surface area contributed by atoms with Gasteiger partial charge in [-0.25, -0.2) is 4.98 Å². The predicted octanol–water partition coefficient (Wildman–Crippen LogP) is 5.82. The Hall–Kier alpha value is -2.21. The smallest absolute Gasteiger partial charge is 0.233 e. The van der Waals surface area contributed by atoms with Crippen molar-refractivity contribution in [3.8, 4) is 5.75 Å². The Kier molecular flexibility index (Phi) is 4.53. The molecule has 4 aromatic rings. The fourth-order valence-corrected chi connectivity index (χ4v) is 4.68. The van der Waals surface area contributed by atoms with E-state index < -0.39 is 0 Å². The van der Waals surface area contributed by atoms with Crippen molar-refractivity contribution in [2.24, 2.45) is 0 Å². The van der Waals surface area contributed by atoms with E-state index >= 15 is 0 Å². The first-order valence-corrected chi connectivity index (χ1v) is 9.64. The molecule has 2 aromatic carbocycles. The van der Waals surface area contributed by atoms with Crippen molar-refractivity contribution >= 4 is 50.1 Å². The molecule has 0 fully saturated rings. The molecule has 3 nitrogen and oxygen atoms in total. The van der Waals surface area contributed by atoms with Crippen molar-refractivity contribution in [3.63, 3.8) is 0 Å². The number of ether oxygens (including phenoxy) is 1. The maximum Gasteiger partial charge on any atom is 0.233 e. The molecular weight excluding hydrogens is 374 g/mol. The molecule has 0 unspecified atom stereocenters. The highest BCUT2D eigenvalue weighted by atomic mass is 35.5. The van der Waals surface area contributed by atoms with Gasteiger partial charge in [-0.2, -0.15) is 0 Å². The Labute approximate surface area is 157 Å². The van der Waals surface area contributed by atoms with Crippen LogP contribution in [0.25, 0.3) is 10.1 Å². The van der Waals surface area contributed by atoms with E-state index in [-0.39, 0.29) is 5.78 Å². The van der Waals surface area contributed by atoms with Crippen LogP contribution in [0.4, 0.5) is 0 Å². The number of halogens is 1. The van der Waals surface area contributed by atoms with Crippen molar-refractivity contribution in [2.75, 3.05) is 0 Å². The number of hydrogen-bond acceptors (Lipinski definition) is 5. The van der Waals surface area contributed by atoms with Crippen molar-refractivity contribution < 1.29 is 9.53 Å². The summed E-state index contributed by atoms with van der Waals surface area (Å²) in [6.07, 6.45) is 0. The van der Waals surface area contributed by atoms with Crippen LogP contribution >= 0.6 is 34.3 Å². The molecule has 2 heterocycles. The van der Waals surface area contributed by atoms with E-state index in [2.05, 4.69) is 4.98 Å². The van der Waals surface area contributed by atoms with Gasteiger partial charge in [-0.1, -0.05) is 48.0 Å². The largest absolute Gasteiger partial charge is 0.487 e. The Bertz CT molecular complexity index is 1040. The molecule has 0 aliphatic heterocycles. The first-order valence-electron chi connectivity index (χ1n) is 7.56. The molecule has 0 atom stereocenters. The lowest BCUT2D eigenvalue weighted by atomic mass is 10.2. The molecule has 0 amide bonds. The summed E-state index contributed by atoms with van der Waals surface area (Å²) >= 11 is 9.11. The summed E-state index contributed by atoms with van der Waals surface area (Å²) in [7, 11) is 0. The molecule has 0 saturated carbocycles. The zero-order valence-corrected chi connectivity index (χ0v) is 15.3. The molecule has 0 aliphatic rings. The Morgan fingerprint density at radius 3 is 2.64 bits per heavy atom. The average Bonchev–Trinajstić information content (AvgIpc) is 3.26. The second-order valence-electron chi connectivity index (χ2n) is 5.32. The minimum Gasteiger partial charge on any atom is -0.487 e. The molecular formula is C19H12ClNO2S2. The van der Waals surface area contributed by atoms with Crippen LogP contribution in [-0.2, 0) is 6.61 Å². The summed E-state index contributed by atoms with van der Waals surface area (Å²) in [5, 5.41) is 3.68. The van der Waals surface area contributed by atoms with E-state index in [9.17, 15) is 4.79 Å². The van der Waals surface area contributed by atoms with E-state index in [0.717, 1.165) is 21.5 Å². The second-order valence-corrected chi connectivity index (χ2v) is 7.60. The van der Waals surface area contributed by atoms with Gasteiger partial charge in [0.2, 0.25) is 5.78 Å². The van der Waals surface area contributed by atoms with E-state index in [4.69, 9.17) is 16.3 Å². The van der Waals surface area contributed by atoms with E-state index in [1.807, 2.05) is 60.0 Å². The van der Waals surface area contributed by atoms with Crippen LogP contribution in [0, 0.1) is 0 Å². The maximum atomic E-state index is 12.8. The lowest BCUT2D eigenvalue weighted by Crippen LogP contribution is -2.01. The molecule has 124 valence electrons. The van der Waals surface area contributed by atoms with Gasteiger partial charge in [-0.3, -0.25) is 4.79 Å². The molecule has 2 aromatic heterocycles. The average molecular weight is 386 g/mol. The summed E-state index contributed by atoms with van der Waals surface area (Å²) in [6, 6.07) is 17.3. The van der Waals surface area contributed by atoms with E-state index in [0.29, 0.717) is 21.5 Å². The molecule has 0 N–H and O–H groups in total. The van der Waals surface area contributed by atoms with Crippen molar-refractivity contribution in [3.05, 3.63) is 80.6 Å². The highest BCUT2D eigenvalue weighted by Crippen LogP contribution is 2.36. The molecule has 25 heavy (non-hydrogen) atoms. The first-order chi connectivity index (χ1) is 12.2. The highest BCUT2D eigenvalue weighted by Gasteiger charge is 2.21. The Morgan fingerprint density at radius 2 is 1.84 bits per heavy atom. The van der Waals surface area contributed by atoms with Crippen molar-refractivity contribution in [1.82, 2.24) is 4.98 Å². The number of fused-ring (bicyclic) bond motifs is 1. The standard InChI is InChI=1S/C19H12ClNO2S2/c20-16-14-8-4-5-9-15(14)25-18(16)17(22)19-21-12(11-24-19)10-23-13-6-2-1-3-7-13/h1-9,11H,10H2. The Balaban J connectivity index is 1.54. The number of hydrogen-bond donors (Lipinski definition) is 0. The number of thiazole rings is 1. The number of ketones is 1. The number of para-hydroxylation sites is 1. The minimum absolute atomic E-state index is 0.137. The van der Waals surface area contributed by atoms with Crippen LogP contribution in [0.1, 0.15) is 20.4 Å². The monoisotopic (exact) mass is 385 g/mol. The zero-order valence-electron chi connectivity index (χ0n) is 12.9. The molecule has 6 heteroatoms. The summed E-state index contributed by atoms with van der Waals surface area (Å²) in [6.45, 7) is 0.327. The zero-order chi connectivity index (χ0) is 17.2. The highest BCUT2D eigenvalue weighted by molar-refractivity contribution is 7.22.